The molecule has 3 heteroatoms. The Morgan fingerprint density at radius 1 is 1.14 bits per heavy atom. The van der Waals surface area contributed by atoms with Gasteiger partial charge in [-0.3, -0.25) is 4.79 Å². The second kappa shape index (κ2) is 6.10. The number of ether oxygens (including phenoxy) is 1. The van der Waals surface area contributed by atoms with Gasteiger partial charge in [0.1, 0.15) is 5.75 Å². The molecule has 0 radical (unpaired) electrons. The molecule has 0 N–H and O–H groups in total. The van der Waals surface area contributed by atoms with Gasteiger partial charge < -0.3 is 4.74 Å². The van der Waals surface area contributed by atoms with Crippen LogP contribution < -0.4 is 4.74 Å². The number of hydrogen-bond acceptors (Lipinski definition) is 3. The molecular weight excluding hydrogens is 280 g/mol. The van der Waals surface area contributed by atoms with Gasteiger partial charge in [-0.2, -0.15) is 0 Å². The molecular formula is C18H16O2S. The Morgan fingerprint density at radius 2 is 2.00 bits per heavy atom. The van der Waals surface area contributed by atoms with Gasteiger partial charge in [0.2, 0.25) is 0 Å². The number of carbonyl (C=O) groups is 1. The summed E-state index contributed by atoms with van der Waals surface area (Å²) < 4.78 is 6.74. The predicted octanol–water partition coefficient (Wildman–Crippen LogP) is 4.92. The van der Waals surface area contributed by atoms with Crippen LogP contribution in [0.15, 0.2) is 53.9 Å². The fourth-order valence-corrected chi connectivity index (χ4v) is 3.20. The molecule has 21 heavy (non-hydrogen) atoms. The fourth-order valence-electron chi connectivity index (χ4n) is 2.26. The van der Waals surface area contributed by atoms with Crippen LogP contribution in [-0.2, 0) is 0 Å². The van der Waals surface area contributed by atoms with Crippen molar-refractivity contribution in [1.82, 2.24) is 0 Å². The van der Waals surface area contributed by atoms with E-state index in [4.69, 9.17) is 4.74 Å². The molecule has 0 bridgehead atoms. The molecule has 0 aliphatic rings. The van der Waals surface area contributed by atoms with Crippen LogP contribution in [0, 0.1) is 0 Å². The number of carbonyl (C=O) groups excluding carboxylic acids is 1. The lowest BCUT2D eigenvalue weighted by molar-refractivity contribution is 0.104. The molecule has 0 saturated heterocycles. The molecule has 0 fully saturated rings. The largest absolute Gasteiger partial charge is 0.494 e. The van der Waals surface area contributed by atoms with E-state index in [0.29, 0.717) is 12.2 Å². The Labute approximate surface area is 128 Å². The van der Waals surface area contributed by atoms with Crippen molar-refractivity contribution in [3.63, 3.8) is 0 Å². The highest BCUT2D eigenvalue weighted by Gasteiger charge is 2.14. The third-order valence-electron chi connectivity index (χ3n) is 3.29. The first-order valence-electron chi connectivity index (χ1n) is 7.03. The minimum atomic E-state index is 0.0504. The number of fused-ring (bicyclic) bond motifs is 1. The first-order chi connectivity index (χ1) is 10.3. The van der Waals surface area contributed by atoms with Crippen molar-refractivity contribution >= 4 is 27.2 Å². The lowest BCUT2D eigenvalue weighted by Crippen LogP contribution is -2.01. The van der Waals surface area contributed by atoms with E-state index in [1.54, 1.807) is 11.3 Å². The molecule has 0 aliphatic carbocycles. The van der Waals surface area contributed by atoms with Crippen LogP contribution >= 0.6 is 11.3 Å². The summed E-state index contributed by atoms with van der Waals surface area (Å²) in [4.78, 5) is 12.7. The zero-order chi connectivity index (χ0) is 14.7. The first-order valence-corrected chi connectivity index (χ1v) is 7.91. The van der Waals surface area contributed by atoms with Crippen LogP contribution in [0.25, 0.3) is 10.1 Å². The van der Waals surface area contributed by atoms with Crippen molar-refractivity contribution in [3.05, 3.63) is 65.0 Å². The molecule has 0 amide bonds. The molecule has 106 valence electrons. The SMILES string of the molecule is CCCOc1cccc(C(=O)c2csc3ccccc23)c1. The summed E-state index contributed by atoms with van der Waals surface area (Å²) in [5.74, 6) is 0.802. The molecule has 2 aromatic carbocycles. The van der Waals surface area contributed by atoms with Crippen LogP contribution in [0.2, 0.25) is 0 Å². The number of rotatable bonds is 5. The summed E-state index contributed by atoms with van der Waals surface area (Å²) in [5, 5.41) is 2.96. The number of ketones is 1. The van der Waals surface area contributed by atoms with Gasteiger partial charge in [0, 0.05) is 26.6 Å². The molecule has 0 atom stereocenters. The molecule has 1 aromatic heterocycles. The van der Waals surface area contributed by atoms with Crippen molar-refractivity contribution in [2.75, 3.05) is 6.61 Å². The zero-order valence-electron chi connectivity index (χ0n) is 11.8. The Kier molecular flexibility index (Phi) is 4.02. The van der Waals surface area contributed by atoms with Crippen LogP contribution in [0.5, 0.6) is 5.75 Å². The average molecular weight is 296 g/mol. The van der Waals surface area contributed by atoms with Crippen LogP contribution in [-0.4, -0.2) is 12.4 Å². The van der Waals surface area contributed by atoms with Crippen molar-refractivity contribution in [1.29, 1.82) is 0 Å². The highest BCUT2D eigenvalue weighted by Crippen LogP contribution is 2.28. The lowest BCUT2D eigenvalue weighted by atomic mass is 10.0. The van der Waals surface area contributed by atoms with Crippen molar-refractivity contribution in [3.8, 4) is 5.75 Å². The Hall–Kier alpha value is -2.13. The highest BCUT2D eigenvalue weighted by molar-refractivity contribution is 7.17. The maximum Gasteiger partial charge on any atom is 0.194 e. The molecule has 2 nitrogen and oxygen atoms in total. The van der Waals surface area contributed by atoms with Gasteiger partial charge in [0.05, 0.1) is 6.61 Å². The van der Waals surface area contributed by atoms with E-state index in [1.165, 1.54) is 0 Å². The Bertz CT molecular complexity index is 773. The van der Waals surface area contributed by atoms with Gasteiger partial charge in [-0.15, -0.1) is 11.3 Å². The maximum absolute atomic E-state index is 12.7. The third-order valence-corrected chi connectivity index (χ3v) is 4.26. The predicted molar refractivity (Wildman–Crippen MR) is 87.5 cm³/mol. The second-order valence-electron chi connectivity index (χ2n) is 4.85. The summed E-state index contributed by atoms with van der Waals surface area (Å²) in [6, 6.07) is 15.4. The Morgan fingerprint density at radius 3 is 2.86 bits per heavy atom. The molecule has 0 unspecified atom stereocenters. The zero-order valence-corrected chi connectivity index (χ0v) is 12.7. The molecule has 0 aliphatic heterocycles. The van der Waals surface area contributed by atoms with Gasteiger partial charge >= 0.3 is 0 Å². The minimum Gasteiger partial charge on any atom is -0.494 e. The number of hydrogen-bond donors (Lipinski definition) is 0. The fraction of sp³-hybridized carbons (Fsp3) is 0.167. The lowest BCUT2D eigenvalue weighted by Gasteiger charge is -2.06. The van der Waals surface area contributed by atoms with Gasteiger partial charge in [0.15, 0.2) is 5.78 Å². The van der Waals surface area contributed by atoms with Crippen LogP contribution in [0.4, 0.5) is 0 Å². The molecule has 1 heterocycles. The van der Waals surface area contributed by atoms with Crippen LogP contribution in [0.1, 0.15) is 29.3 Å². The molecule has 0 saturated carbocycles. The number of benzene rings is 2. The Balaban J connectivity index is 1.94. The van der Waals surface area contributed by atoms with Gasteiger partial charge in [0.25, 0.3) is 0 Å². The second-order valence-corrected chi connectivity index (χ2v) is 5.76. The molecule has 0 spiro atoms. The maximum atomic E-state index is 12.7. The van der Waals surface area contributed by atoms with E-state index in [2.05, 4.69) is 6.92 Å². The third kappa shape index (κ3) is 2.83. The minimum absolute atomic E-state index is 0.0504. The number of thiophene rings is 1. The summed E-state index contributed by atoms with van der Waals surface area (Å²) in [6.45, 7) is 2.73. The van der Waals surface area contributed by atoms with Crippen molar-refractivity contribution < 1.29 is 9.53 Å². The standard InChI is InChI=1S/C18H16O2S/c1-2-10-20-14-7-5-6-13(11-14)18(19)16-12-21-17-9-4-3-8-15(16)17/h3-9,11-12H,2,10H2,1H3. The average Bonchev–Trinajstić information content (AvgIpc) is 2.96. The van der Waals surface area contributed by atoms with E-state index in [9.17, 15) is 4.79 Å². The topological polar surface area (TPSA) is 26.3 Å². The smallest absolute Gasteiger partial charge is 0.194 e. The van der Waals surface area contributed by atoms with Crippen LogP contribution in [0.3, 0.4) is 0 Å². The quantitative estimate of drug-likeness (QED) is 0.625. The monoisotopic (exact) mass is 296 g/mol. The molecule has 3 aromatic rings. The van der Waals surface area contributed by atoms with Crippen molar-refractivity contribution in [2.24, 2.45) is 0 Å². The molecule has 3 rings (SSSR count). The van der Waals surface area contributed by atoms with E-state index in [0.717, 1.165) is 27.8 Å². The van der Waals surface area contributed by atoms with E-state index in [1.807, 2.05) is 53.9 Å². The van der Waals surface area contributed by atoms with E-state index < -0.39 is 0 Å². The normalized spacial score (nSPS) is 10.7. The van der Waals surface area contributed by atoms with Gasteiger partial charge in [-0.05, 0) is 24.6 Å². The van der Waals surface area contributed by atoms with Gasteiger partial charge in [-0.1, -0.05) is 37.3 Å². The van der Waals surface area contributed by atoms with E-state index in [-0.39, 0.29) is 5.78 Å². The summed E-state index contributed by atoms with van der Waals surface area (Å²) in [5.41, 5.74) is 1.44. The summed E-state index contributed by atoms with van der Waals surface area (Å²) in [7, 11) is 0. The van der Waals surface area contributed by atoms with E-state index >= 15 is 0 Å². The van der Waals surface area contributed by atoms with Crippen molar-refractivity contribution in [2.45, 2.75) is 13.3 Å². The first kappa shape index (κ1) is 13.8. The van der Waals surface area contributed by atoms with Gasteiger partial charge in [-0.25, -0.2) is 0 Å². The summed E-state index contributed by atoms with van der Waals surface area (Å²) >= 11 is 1.60. The highest BCUT2D eigenvalue weighted by atomic mass is 32.1. The summed E-state index contributed by atoms with van der Waals surface area (Å²) in [6.07, 6.45) is 0.952.